The summed E-state index contributed by atoms with van der Waals surface area (Å²) in [4.78, 5) is 10.4. The third kappa shape index (κ3) is 2.59. The van der Waals surface area contributed by atoms with Crippen molar-refractivity contribution in [2.45, 2.75) is 25.8 Å². The van der Waals surface area contributed by atoms with E-state index in [0.29, 0.717) is 5.56 Å². The third-order valence-corrected chi connectivity index (χ3v) is 3.92. The van der Waals surface area contributed by atoms with Gasteiger partial charge in [0.05, 0.1) is 11.0 Å². The van der Waals surface area contributed by atoms with Gasteiger partial charge in [-0.25, -0.2) is 4.39 Å². The SMILES string of the molecule is Cc1cc(NC2CCc3cc(F)ccc32)ccc1[N+](=O)[O-]. The molecule has 0 saturated carbocycles. The van der Waals surface area contributed by atoms with Crippen molar-refractivity contribution < 1.29 is 9.31 Å². The molecule has 0 bridgehead atoms. The molecule has 4 nitrogen and oxygen atoms in total. The van der Waals surface area contributed by atoms with Crippen LogP contribution in [0.4, 0.5) is 15.8 Å². The lowest BCUT2D eigenvalue weighted by molar-refractivity contribution is -0.385. The van der Waals surface area contributed by atoms with Crippen LogP contribution < -0.4 is 5.32 Å². The average Bonchev–Trinajstić information content (AvgIpc) is 2.80. The van der Waals surface area contributed by atoms with E-state index in [4.69, 9.17) is 0 Å². The maximum atomic E-state index is 13.2. The Morgan fingerprint density at radius 1 is 1.29 bits per heavy atom. The predicted molar refractivity (Wildman–Crippen MR) is 78.9 cm³/mol. The molecule has 0 spiro atoms. The second-order valence-electron chi connectivity index (χ2n) is 5.34. The zero-order valence-corrected chi connectivity index (χ0v) is 11.6. The average molecular weight is 286 g/mol. The van der Waals surface area contributed by atoms with Gasteiger partial charge in [0, 0.05) is 17.3 Å². The van der Waals surface area contributed by atoms with Crippen molar-refractivity contribution in [1.82, 2.24) is 0 Å². The monoisotopic (exact) mass is 286 g/mol. The van der Waals surface area contributed by atoms with Gasteiger partial charge in [0.25, 0.3) is 5.69 Å². The van der Waals surface area contributed by atoms with E-state index >= 15 is 0 Å². The third-order valence-electron chi connectivity index (χ3n) is 3.92. The topological polar surface area (TPSA) is 55.2 Å². The molecule has 1 aliphatic carbocycles. The highest BCUT2D eigenvalue weighted by Gasteiger charge is 2.23. The Morgan fingerprint density at radius 2 is 2.10 bits per heavy atom. The Labute approximate surface area is 121 Å². The molecule has 1 N–H and O–H groups in total. The molecular formula is C16H15FN2O2. The molecular weight excluding hydrogens is 271 g/mol. The number of rotatable bonds is 3. The van der Waals surface area contributed by atoms with Crippen molar-refractivity contribution in [3.63, 3.8) is 0 Å². The minimum atomic E-state index is -0.382. The first kappa shape index (κ1) is 13.5. The Bertz CT molecular complexity index is 715. The van der Waals surface area contributed by atoms with Crippen LogP contribution in [0, 0.1) is 22.9 Å². The van der Waals surface area contributed by atoms with Gasteiger partial charge in [0.2, 0.25) is 0 Å². The molecule has 0 aromatic heterocycles. The Hall–Kier alpha value is -2.43. The summed E-state index contributed by atoms with van der Waals surface area (Å²) < 4.78 is 13.2. The number of benzene rings is 2. The molecule has 1 aliphatic rings. The van der Waals surface area contributed by atoms with Gasteiger partial charge in [-0.1, -0.05) is 6.07 Å². The van der Waals surface area contributed by atoms with Crippen LogP contribution in [0.25, 0.3) is 0 Å². The van der Waals surface area contributed by atoms with Crippen LogP contribution in [-0.2, 0) is 6.42 Å². The van der Waals surface area contributed by atoms with Crippen LogP contribution in [0.5, 0.6) is 0 Å². The van der Waals surface area contributed by atoms with E-state index in [1.165, 1.54) is 12.1 Å². The fourth-order valence-electron chi connectivity index (χ4n) is 2.89. The predicted octanol–water partition coefficient (Wildman–Crippen LogP) is 4.14. The highest BCUT2D eigenvalue weighted by molar-refractivity contribution is 5.55. The minimum absolute atomic E-state index is 0.120. The maximum Gasteiger partial charge on any atom is 0.272 e. The van der Waals surface area contributed by atoms with Gasteiger partial charge < -0.3 is 5.32 Å². The van der Waals surface area contributed by atoms with Gasteiger partial charge in [0.15, 0.2) is 0 Å². The summed E-state index contributed by atoms with van der Waals surface area (Å²) in [5, 5.41) is 14.2. The van der Waals surface area contributed by atoms with E-state index in [1.807, 2.05) is 6.07 Å². The Kier molecular flexibility index (Phi) is 3.33. The summed E-state index contributed by atoms with van der Waals surface area (Å²) in [5.41, 5.74) is 3.73. The normalized spacial score (nSPS) is 16.6. The number of aryl methyl sites for hydroxylation is 2. The lowest BCUT2D eigenvalue weighted by Crippen LogP contribution is -2.07. The zero-order valence-electron chi connectivity index (χ0n) is 11.6. The number of halogens is 1. The zero-order chi connectivity index (χ0) is 15.0. The smallest absolute Gasteiger partial charge is 0.272 e. The molecule has 5 heteroatoms. The maximum absolute atomic E-state index is 13.2. The summed E-state index contributed by atoms with van der Waals surface area (Å²) in [6, 6.07) is 10.00. The molecule has 0 amide bonds. The van der Waals surface area contributed by atoms with Gasteiger partial charge in [-0.05, 0) is 55.2 Å². The number of nitro groups is 1. The molecule has 0 aliphatic heterocycles. The van der Waals surface area contributed by atoms with Crippen molar-refractivity contribution in [3.05, 3.63) is 69.0 Å². The molecule has 0 radical (unpaired) electrons. The lowest BCUT2D eigenvalue weighted by atomic mass is 10.1. The molecule has 2 aromatic carbocycles. The van der Waals surface area contributed by atoms with E-state index in [0.717, 1.165) is 29.7 Å². The minimum Gasteiger partial charge on any atom is -0.378 e. The molecule has 0 heterocycles. The summed E-state index contributed by atoms with van der Waals surface area (Å²) in [5.74, 6) is -0.208. The largest absolute Gasteiger partial charge is 0.378 e. The van der Waals surface area contributed by atoms with Crippen LogP contribution >= 0.6 is 0 Å². The van der Waals surface area contributed by atoms with Crippen LogP contribution in [-0.4, -0.2) is 4.92 Å². The van der Waals surface area contributed by atoms with E-state index in [9.17, 15) is 14.5 Å². The number of nitro benzene ring substituents is 1. The number of nitrogens with zero attached hydrogens (tertiary/aromatic N) is 1. The lowest BCUT2D eigenvalue weighted by Gasteiger charge is -2.16. The molecule has 3 rings (SSSR count). The van der Waals surface area contributed by atoms with Crippen LogP contribution in [0.2, 0.25) is 0 Å². The fraction of sp³-hybridized carbons (Fsp3) is 0.250. The standard InChI is InChI=1S/C16H15FN2O2/c1-10-8-13(4-7-16(10)19(20)21)18-15-6-2-11-9-12(17)3-5-14(11)15/h3-5,7-9,15,18H,2,6H2,1H3. The summed E-state index contributed by atoms with van der Waals surface area (Å²) >= 11 is 0. The van der Waals surface area contributed by atoms with E-state index < -0.39 is 0 Å². The van der Waals surface area contributed by atoms with Gasteiger partial charge in [-0.2, -0.15) is 0 Å². The van der Waals surface area contributed by atoms with Crippen molar-refractivity contribution in [2.24, 2.45) is 0 Å². The first-order valence-electron chi connectivity index (χ1n) is 6.84. The molecule has 1 atom stereocenters. The van der Waals surface area contributed by atoms with Crippen LogP contribution in [0.1, 0.15) is 29.2 Å². The second-order valence-corrected chi connectivity index (χ2v) is 5.34. The number of fused-ring (bicyclic) bond motifs is 1. The van der Waals surface area contributed by atoms with E-state index in [-0.39, 0.29) is 22.5 Å². The number of hydrogen-bond acceptors (Lipinski definition) is 3. The van der Waals surface area contributed by atoms with Crippen LogP contribution in [0.3, 0.4) is 0 Å². The van der Waals surface area contributed by atoms with Gasteiger partial charge in [0.1, 0.15) is 5.82 Å². The van der Waals surface area contributed by atoms with Crippen molar-refractivity contribution in [3.8, 4) is 0 Å². The molecule has 0 fully saturated rings. The number of anilines is 1. The number of hydrogen-bond donors (Lipinski definition) is 1. The Morgan fingerprint density at radius 3 is 2.81 bits per heavy atom. The van der Waals surface area contributed by atoms with Crippen molar-refractivity contribution in [2.75, 3.05) is 5.32 Å². The van der Waals surface area contributed by atoms with E-state index in [2.05, 4.69) is 5.32 Å². The molecule has 1 unspecified atom stereocenters. The van der Waals surface area contributed by atoms with Gasteiger partial charge in [-0.15, -0.1) is 0 Å². The highest BCUT2D eigenvalue weighted by Crippen LogP contribution is 2.35. The van der Waals surface area contributed by atoms with Crippen LogP contribution in [0.15, 0.2) is 36.4 Å². The number of nitrogens with one attached hydrogen (secondary N) is 1. The summed E-state index contributed by atoms with van der Waals surface area (Å²) in [6.07, 6.45) is 1.74. The first-order chi connectivity index (χ1) is 10.0. The van der Waals surface area contributed by atoms with Gasteiger partial charge in [-0.3, -0.25) is 10.1 Å². The van der Waals surface area contributed by atoms with Crippen molar-refractivity contribution in [1.29, 1.82) is 0 Å². The summed E-state index contributed by atoms with van der Waals surface area (Å²) in [6.45, 7) is 1.72. The molecule has 108 valence electrons. The fourth-order valence-corrected chi connectivity index (χ4v) is 2.89. The molecule has 21 heavy (non-hydrogen) atoms. The van der Waals surface area contributed by atoms with Crippen molar-refractivity contribution >= 4 is 11.4 Å². The van der Waals surface area contributed by atoms with E-state index in [1.54, 1.807) is 25.1 Å². The molecule has 2 aromatic rings. The summed E-state index contributed by atoms with van der Waals surface area (Å²) in [7, 11) is 0. The first-order valence-corrected chi connectivity index (χ1v) is 6.84. The molecule has 0 saturated heterocycles. The Balaban J connectivity index is 1.83. The van der Waals surface area contributed by atoms with Gasteiger partial charge >= 0.3 is 0 Å². The quantitative estimate of drug-likeness (QED) is 0.681. The second kappa shape index (κ2) is 5.16. The highest BCUT2D eigenvalue weighted by atomic mass is 19.1.